The quantitative estimate of drug-likeness (QED) is 0.589. The third-order valence-electron chi connectivity index (χ3n) is 1.25. The molecule has 0 amide bonds. The van der Waals surface area contributed by atoms with Crippen LogP contribution in [0.25, 0.3) is 0 Å². The molecule has 1 rings (SSSR count). The van der Waals surface area contributed by atoms with Gasteiger partial charge in [-0.15, -0.1) is 0 Å². The number of nitrogens with zero attached hydrogens (tertiary/aromatic N) is 1. The lowest BCUT2D eigenvalue weighted by atomic mass is 10.2. The number of aryl methyl sites for hydroxylation is 1. The van der Waals surface area contributed by atoms with E-state index in [1.807, 2.05) is 0 Å². The number of carbonyl (C=O) groups is 2. The summed E-state index contributed by atoms with van der Waals surface area (Å²) < 4.78 is 0. The van der Waals surface area contributed by atoms with Gasteiger partial charge in [-0.3, -0.25) is 14.6 Å². The molecule has 3 heteroatoms. The zero-order valence-electron chi connectivity index (χ0n) is 6.07. The summed E-state index contributed by atoms with van der Waals surface area (Å²) in [5, 5.41) is 0. The molecule has 0 aliphatic rings. The molecule has 1 aromatic heterocycles. The standard InChI is InChI=1S/C8H7NO2/c1-6-2-7(4-10)3-8(5-11)9-6/h2-5H,1H3. The van der Waals surface area contributed by atoms with Crippen LogP contribution in [0.5, 0.6) is 0 Å². The highest BCUT2D eigenvalue weighted by Gasteiger charge is 1.96. The fourth-order valence-electron chi connectivity index (χ4n) is 0.850. The van der Waals surface area contributed by atoms with Gasteiger partial charge in [0, 0.05) is 11.3 Å². The van der Waals surface area contributed by atoms with E-state index in [1.54, 1.807) is 13.0 Å². The van der Waals surface area contributed by atoms with Crippen molar-refractivity contribution in [3.63, 3.8) is 0 Å². The van der Waals surface area contributed by atoms with Crippen molar-refractivity contribution in [2.24, 2.45) is 0 Å². The van der Waals surface area contributed by atoms with Gasteiger partial charge in [-0.2, -0.15) is 0 Å². The molecule has 11 heavy (non-hydrogen) atoms. The highest BCUT2D eigenvalue weighted by atomic mass is 16.1. The van der Waals surface area contributed by atoms with Gasteiger partial charge in [0.15, 0.2) is 6.29 Å². The van der Waals surface area contributed by atoms with Crippen molar-refractivity contribution in [3.05, 3.63) is 29.1 Å². The molecule has 1 heterocycles. The van der Waals surface area contributed by atoms with Crippen LogP contribution < -0.4 is 0 Å². The van der Waals surface area contributed by atoms with Crippen LogP contribution >= 0.6 is 0 Å². The Morgan fingerprint density at radius 3 is 2.55 bits per heavy atom. The van der Waals surface area contributed by atoms with Crippen LogP contribution in [0.2, 0.25) is 0 Å². The van der Waals surface area contributed by atoms with Gasteiger partial charge >= 0.3 is 0 Å². The fraction of sp³-hybridized carbons (Fsp3) is 0.125. The summed E-state index contributed by atoms with van der Waals surface area (Å²) in [5.41, 5.74) is 1.46. The number of aromatic nitrogens is 1. The third-order valence-corrected chi connectivity index (χ3v) is 1.25. The van der Waals surface area contributed by atoms with Crippen LogP contribution in [0.4, 0.5) is 0 Å². The zero-order valence-corrected chi connectivity index (χ0v) is 6.07. The van der Waals surface area contributed by atoms with E-state index in [9.17, 15) is 9.59 Å². The van der Waals surface area contributed by atoms with Crippen molar-refractivity contribution < 1.29 is 9.59 Å². The molecular formula is C8H7NO2. The van der Waals surface area contributed by atoms with Crippen LogP contribution in [0.3, 0.4) is 0 Å². The molecule has 0 saturated carbocycles. The van der Waals surface area contributed by atoms with Crippen molar-refractivity contribution in [1.82, 2.24) is 4.98 Å². The molecule has 0 aliphatic heterocycles. The Morgan fingerprint density at radius 1 is 1.27 bits per heavy atom. The lowest BCUT2D eigenvalue weighted by molar-refractivity contribution is 0.111. The molecular weight excluding hydrogens is 142 g/mol. The van der Waals surface area contributed by atoms with E-state index in [1.165, 1.54) is 6.07 Å². The molecule has 3 nitrogen and oxygen atoms in total. The normalized spacial score (nSPS) is 9.18. The molecule has 1 aromatic rings. The lowest BCUT2D eigenvalue weighted by Crippen LogP contribution is -1.92. The molecule has 0 spiro atoms. The van der Waals surface area contributed by atoms with Gasteiger partial charge in [0.2, 0.25) is 0 Å². The van der Waals surface area contributed by atoms with Gasteiger partial charge < -0.3 is 0 Å². The lowest BCUT2D eigenvalue weighted by Gasteiger charge is -1.94. The minimum atomic E-state index is 0.298. The molecule has 0 N–H and O–H groups in total. The maximum atomic E-state index is 10.3. The number of hydrogen-bond acceptors (Lipinski definition) is 3. The first kappa shape index (κ1) is 7.60. The number of carbonyl (C=O) groups excluding carboxylic acids is 2. The average Bonchev–Trinajstić information content (AvgIpc) is 2.03. The van der Waals surface area contributed by atoms with E-state index in [4.69, 9.17) is 0 Å². The van der Waals surface area contributed by atoms with Crippen molar-refractivity contribution in [1.29, 1.82) is 0 Å². The Labute approximate surface area is 64.1 Å². The predicted molar refractivity (Wildman–Crippen MR) is 39.7 cm³/mol. The molecule has 0 aliphatic carbocycles. The Morgan fingerprint density at radius 2 is 2.00 bits per heavy atom. The summed E-state index contributed by atoms with van der Waals surface area (Å²) in [7, 11) is 0. The van der Waals surface area contributed by atoms with Gasteiger partial charge in [-0.1, -0.05) is 0 Å². The Bertz CT molecular complexity index is 268. The number of pyridine rings is 1. The van der Waals surface area contributed by atoms with E-state index < -0.39 is 0 Å². The van der Waals surface area contributed by atoms with E-state index in [0.717, 1.165) is 0 Å². The third kappa shape index (κ3) is 1.70. The van der Waals surface area contributed by atoms with Crippen LogP contribution in [0, 0.1) is 6.92 Å². The summed E-state index contributed by atoms with van der Waals surface area (Å²) in [5.74, 6) is 0. The van der Waals surface area contributed by atoms with Crippen molar-refractivity contribution in [2.45, 2.75) is 6.92 Å². The fourth-order valence-corrected chi connectivity index (χ4v) is 0.850. The van der Waals surface area contributed by atoms with Crippen LogP contribution in [-0.4, -0.2) is 17.6 Å². The molecule has 0 fully saturated rings. The van der Waals surface area contributed by atoms with Crippen LogP contribution in [0.15, 0.2) is 12.1 Å². The average molecular weight is 149 g/mol. The summed E-state index contributed by atoms with van der Waals surface area (Å²) in [6, 6.07) is 3.08. The van der Waals surface area contributed by atoms with Crippen molar-refractivity contribution in [2.75, 3.05) is 0 Å². The maximum absolute atomic E-state index is 10.3. The second-order valence-corrected chi connectivity index (χ2v) is 2.20. The summed E-state index contributed by atoms with van der Waals surface area (Å²) in [6.45, 7) is 1.74. The van der Waals surface area contributed by atoms with Crippen molar-refractivity contribution >= 4 is 12.6 Å². The number of rotatable bonds is 2. The molecule has 0 bridgehead atoms. The van der Waals surface area contributed by atoms with Gasteiger partial charge in [0.05, 0.1) is 0 Å². The SMILES string of the molecule is Cc1cc(C=O)cc(C=O)n1. The zero-order chi connectivity index (χ0) is 8.27. The number of hydrogen-bond donors (Lipinski definition) is 0. The topological polar surface area (TPSA) is 47.0 Å². The van der Waals surface area contributed by atoms with Gasteiger partial charge in [0.1, 0.15) is 12.0 Å². The summed E-state index contributed by atoms with van der Waals surface area (Å²) in [4.78, 5) is 24.4. The molecule has 56 valence electrons. The van der Waals surface area contributed by atoms with E-state index in [0.29, 0.717) is 29.5 Å². The van der Waals surface area contributed by atoms with Crippen LogP contribution in [-0.2, 0) is 0 Å². The first-order chi connectivity index (χ1) is 5.26. The first-order valence-electron chi connectivity index (χ1n) is 3.15. The first-order valence-corrected chi connectivity index (χ1v) is 3.15. The summed E-state index contributed by atoms with van der Waals surface area (Å²) in [6.07, 6.45) is 1.32. The monoisotopic (exact) mass is 149 g/mol. The second kappa shape index (κ2) is 3.05. The largest absolute Gasteiger partial charge is 0.298 e. The highest BCUT2D eigenvalue weighted by Crippen LogP contribution is 2.00. The Hall–Kier alpha value is -1.51. The van der Waals surface area contributed by atoms with E-state index in [-0.39, 0.29) is 0 Å². The van der Waals surface area contributed by atoms with E-state index >= 15 is 0 Å². The van der Waals surface area contributed by atoms with Crippen molar-refractivity contribution in [3.8, 4) is 0 Å². The molecule has 0 unspecified atom stereocenters. The van der Waals surface area contributed by atoms with Gasteiger partial charge in [0.25, 0.3) is 0 Å². The minimum Gasteiger partial charge on any atom is -0.298 e. The smallest absolute Gasteiger partial charge is 0.168 e. The highest BCUT2D eigenvalue weighted by molar-refractivity contribution is 5.80. The Kier molecular flexibility index (Phi) is 2.11. The minimum absolute atomic E-state index is 0.298. The predicted octanol–water partition coefficient (Wildman–Crippen LogP) is 1.02. The van der Waals surface area contributed by atoms with E-state index in [2.05, 4.69) is 4.98 Å². The van der Waals surface area contributed by atoms with Gasteiger partial charge in [-0.05, 0) is 19.1 Å². The summed E-state index contributed by atoms with van der Waals surface area (Å²) >= 11 is 0. The molecule has 0 atom stereocenters. The molecule has 0 radical (unpaired) electrons. The second-order valence-electron chi connectivity index (χ2n) is 2.20. The maximum Gasteiger partial charge on any atom is 0.168 e. The molecule has 0 saturated heterocycles. The van der Waals surface area contributed by atoms with Crippen LogP contribution in [0.1, 0.15) is 26.5 Å². The molecule has 0 aromatic carbocycles. The van der Waals surface area contributed by atoms with Gasteiger partial charge in [-0.25, -0.2) is 0 Å². The Balaban J connectivity index is 3.21. The number of aldehydes is 2.